The van der Waals surface area contributed by atoms with Crippen LogP contribution in [0.15, 0.2) is 0 Å². The molecule has 0 spiro atoms. The van der Waals surface area contributed by atoms with Crippen LogP contribution < -0.4 is 0 Å². The second-order valence-electron chi connectivity index (χ2n) is 10.3. The Morgan fingerprint density at radius 1 is 1.04 bits per heavy atom. The van der Waals surface area contributed by atoms with Crippen LogP contribution in [0, 0.1) is 16.7 Å². The Labute approximate surface area is 163 Å². The Kier molecular flexibility index (Phi) is 4.41. The molecule has 6 nitrogen and oxygen atoms in total. The summed E-state index contributed by atoms with van der Waals surface area (Å²) in [6.45, 7) is 11.5. The van der Waals surface area contributed by atoms with Crippen molar-refractivity contribution in [2.24, 2.45) is 16.7 Å². The molecule has 4 rings (SSSR count). The van der Waals surface area contributed by atoms with E-state index in [1.165, 1.54) is 12.8 Å². The van der Waals surface area contributed by atoms with E-state index in [0.717, 1.165) is 44.1 Å². The summed E-state index contributed by atoms with van der Waals surface area (Å²) in [6, 6.07) is 0.595. The average Bonchev–Trinajstić information content (AvgIpc) is 3.43. The molecule has 0 unspecified atom stereocenters. The zero-order valence-electron chi connectivity index (χ0n) is 17.8. The fourth-order valence-corrected chi connectivity index (χ4v) is 5.09. The summed E-state index contributed by atoms with van der Waals surface area (Å²) in [5.41, 5.74) is 0.238. The maximum absolute atomic E-state index is 13.0. The second-order valence-corrected chi connectivity index (χ2v) is 10.3. The van der Waals surface area contributed by atoms with Gasteiger partial charge in [-0.1, -0.05) is 27.7 Å². The van der Waals surface area contributed by atoms with Crippen molar-refractivity contribution in [3.63, 3.8) is 0 Å². The van der Waals surface area contributed by atoms with Gasteiger partial charge in [0.1, 0.15) is 11.6 Å². The Hall–Kier alpha value is -1.43. The molecule has 3 aliphatic rings. The summed E-state index contributed by atoms with van der Waals surface area (Å²) in [5.74, 6) is 3.22. The van der Waals surface area contributed by atoms with Crippen LogP contribution in [-0.4, -0.2) is 57.7 Å². The molecule has 27 heavy (non-hydrogen) atoms. The quantitative estimate of drug-likeness (QED) is 0.796. The molecule has 2 heterocycles. The van der Waals surface area contributed by atoms with Crippen LogP contribution in [0.3, 0.4) is 0 Å². The Bertz CT molecular complexity index is 709. The molecule has 1 amide bonds. The van der Waals surface area contributed by atoms with Gasteiger partial charge in [0.2, 0.25) is 5.91 Å². The first kappa shape index (κ1) is 18.9. The molecule has 3 fully saturated rings. The highest BCUT2D eigenvalue weighted by molar-refractivity contribution is 5.84. The first-order chi connectivity index (χ1) is 12.6. The predicted octanol–water partition coefficient (Wildman–Crippen LogP) is 3.06. The normalized spacial score (nSPS) is 25.2. The van der Waals surface area contributed by atoms with Gasteiger partial charge in [0.05, 0.1) is 6.54 Å². The van der Waals surface area contributed by atoms with E-state index in [-0.39, 0.29) is 16.7 Å². The second kappa shape index (κ2) is 6.29. The van der Waals surface area contributed by atoms with Gasteiger partial charge in [-0.05, 0) is 50.6 Å². The number of likely N-dealkylation sites (tertiary alicyclic amines) is 1. The highest BCUT2D eigenvalue weighted by Gasteiger charge is 2.68. The van der Waals surface area contributed by atoms with Crippen molar-refractivity contribution < 1.29 is 4.79 Å². The number of carbonyl (C=O) groups excluding carboxylic acids is 1. The van der Waals surface area contributed by atoms with E-state index in [9.17, 15) is 4.79 Å². The summed E-state index contributed by atoms with van der Waals surface area (Å²) < 4.78 is 2.41. The fourth-order valence-electron chi connectivity index (χ4n) is 5.09. The van der Waals surface area contributed by atoms with E-state index in [1.807, 2.05) is 0 Å². The van der Waals surface area contributed by atoms with Crippen molar-refractivity contribution >= 4 is 5.91 Å². The molecule has 0 radical (unpaired) electrons. The first-order valence-corrected chi connectivity index (χ1v) is 10.5. The van der Waals surface area contributed by atoms with Gasteiger partial charge in [-0.2, -0.15) is 0 Å². The van der Waals surface area contributed by atoms with Gasteiger partial charge in [0.15, 0.2) is 0 Å². The lowest BCUT2D eigenvalue weighted by Crippen LogP contribution is -2.40. The number of rotatable bonds is 5. The van der Waals surface area contributed by atoms with Crippen LogP contribution >= 0.6 is 0 Å². The third-order valence-electron chi connectivity index (χ3n) is 7.60. The van der Waals surface area contributed by atoms with Crippen LogP contribution in [-0.2, 0) is 11.3 Å². The molecule has 1 aromatic rings. The van der Waals surface area contributed by atoms with Crippen molar-refractivity contribution in [1.29, 1.82) is 0 Å². The molecule has 2 aliphatic carbocycles. The van der Waals surface area contributed by atoms with E-state index in [4.69, 9.17) is 0 Å². The van der Waals surface area contributed by atoms with Crippen LogP contribution in [0.5, 0.6) is 0 Å². The topological polar surface area (TPSA) is 54.3 Å². The number of carbonyl (C=O) groups is 1. The molecule has 0 bridgehead atoms. The minimum absolute atomic E-state index is 0.119. The number of amides is 1. The van der Waals surface area contributed by atoms with Gasteiger partial charge in [0, 0.05) is 31.0 Å². The number of piperidine rings is 1. The SMILES string of the molecule is CN(C)Cc1nnc(C2CCN(C(=O)C3C(C)(C)C3(C)C)CC2)n1C1CC1. The van der Waals surface area contributed by atoms with Gasteiger partial charge in [-0.25, -0.2) is 0 Å². The van der Waals surface area contributed by atoms with Crippen molar-refractivity contribution in [2.45, 2.75) is 71.9 Å². The van der Waals surface area contributed by atoms with Gasteiger partial charge in [-0.15, -0.1) is 10.2 Å². The van der Waals surface area contributed by atoms with Crippen LogP contribution in [0.25, 0.3) is 0 Å². The summed E-state index contributed by atoms with van der Waals surface area (Å²) in [7, 11) is 4.16. The number of nitrogens with zero attached hydrogens (tertiary/aromatic N) is 5. The molecule has 0 N–H and O–H groups in total. The van der Waals surface area contributed by atoms with Crippen molar-refractivity contribution in [3.8, 4) is 0 Å². The van der Waals surface area contributed by atoms with E-state index in [0.29, 0.717) is 17.9 Å². The maximum atomic E-state index is 13.0. The Morgan fingerprint density at radius 2 is 1.63 bits per heavy atom. The first-order valence-electron chi connectivity index (χ1n) is 10.5. The van der Waals surface area contributed by atoms with Crippen LogP contribution in [0.4, 0.5) is 0 Å². The van der Waals surface area contributed by atoms with Gasteiger partial charge < -0.3 is 14.4 Å². The number of aromatic nitrogens is 3. The van der Waals surface area contributed by atoms with E-state index in [2.05, 4.69) is 66.4 Å². The number of hydrogen-bond donors (Lipinski definition) is 0. The molecule has 0 aromatic carbocycles. The standard InChI is InChI=1S/C21H35N5O/c1-20(2)17(21(20,3)4)19(27)25-11-9-14(10-12-25)18-23-22-16(13-24(5)6)26(18)15-7-8-15/h14-15,17H,7-13H2,1-6H3. The van der Waals surface area contributed by atoms with Gasteiger partial charge in [0.25, 0.3) is 0 Å². The zero-order chi connectivity index (χ0) is 19.6. The van der Waals surface area contributed by atoms with Crippen molar-refractivity contribution in [2.75, 3.05) is 27.2 Å². The van der Waals surface area contributed by atoms with Gasteiger partial charge in [-0.3, -0.25) is 4.79 Å². The summed E-state index contributed by atoms with van der Waals surface area (Å²) in [5, 5.41) is 9.11. The molecule has 0 atom stereocenters. The third kappa shape index (κ3) is 3.10. The Morgan fingerprint density at radius 3 is 2.11 bits per heavy atom. The highest BCUT2D eigenvalue weighted by atomic mass is 16.2. The third-order valence-corrected chi connectivity index (χ3v) is 7.60. The van der Waals surface area contributed by atoms with Crippen LogP contribution in [0.1, 0.15) is 77.0 Å². The average molecular weight is 374 g/mol. The monoisotopic (exact) mass is 373 g/mol. The molecule has 150 valence electrons. The largest absolute Gasteiger partial charge is 0.342 e. The zero-order valence-corrected chi connectivity index (χ0v) is 17.8. The van der Waals surface area contributed by atoms with E-state index in [1.54, 1.807) is 0 Å². The molecular weight excluding hydrogens is 338 g/mol. The molecular formula is C21H35N5O. The predicted molar refractivity (Wildman–Crippen MR) is 105 cm³/mol. The van der Waals surface area contributed by atoms with Crippen molar-refractivity contribution in [1.82, 2.24) is 24.6 Å². The lowest BCUT2D eigenvalue weighted by atomic mass is 9.95. The summed E-state index contributed by atoms with van der Waals surface area (Å²) in [4.78, 5) is 17.3. The highest BCUT2D eigenvalue weighted by Crippen LogP contribution is 2.68. The van der Waals surface area contributed by atoms with Crippen LogP contribution in [0.2, 0.25) is 0 Å². The smallest absolute Gasteiger partial charge is 0.226 e. The molecule has 2 saturated carbocycles. The molecule has 6 heteroatoms. The summed E-state index contributed by atoms with van der Waals surface area (Å²) in [6.07, 6.45) is 4.50. The van der Waals surface area contributed by atoms with Gasteiger partial charge >= 0.3 is 0 Å². The number of hydrogen-bond acceptors (Lipinski definition) is 4. The fraction of sp³-hybridized carbons (Fsp3) is 0.857. The summed E-state index contributed by atoms with van der Waals surface area (Å²) >= 11 is 0. The maximum Gasteiger partial charge on any atom is 0.226 e. The Balaban J connectivity index is 1.43. The molecule has 1 saturated heterocycles. The van der Waals surface area contributed by atoms with Crippen molar-refractivity contribution in [3.05, 3.63) is 11.6 Å². The molecule has 1 aliphatic heterocycles. The minimum Gasteiger partial charge on any atom is -0.342 e. The van der Waals surface area contributed by atoms with E-state index < -0.39 is 0 Å². The lowest BCUT2D eigenvalue weighted by Gasteiger charge is -2.32. The lowest BCUT2D eigenvalue weighted by molar-refractivity contribution is -0.135. The van der Waals surface area contributed by atoms with E-state index >= 15 is 0 Å². The minimum atomic E-state index is 0.119. The molecule has 1 aromatic heterocycles.